The first-order valence-electron chi connectivity index (χ1n) is 30.4. The molecule has 2 heterocycles. The second-order valence-corrected chi connectivity index (χ2v) is 25.1. The third-order valence-corrected chi connectivity index (χ3v) is 15.8. The molecule has 2 aliphatic rings. The monoisotopic (exact) mass is 1320 g/mol. The number of imide groups is 1. The van der Waals surface area contributed by atoms with Gasteiger partial charge in [-0.2, -0.15) is 16.8 Å². The first-order valence-corrected chi connectivity index (χ1v) is 33.5. The van der Waals surface area contributed by atoms with E-state index >= 15 is 0 Å². The zero-order valence-electron chi connectivity index (χ0n) is 53.3. The van der Waals surface area contributed by atoms with Crippen LogP contribution in [0.3, 0.4) is 0 Å². The molecule has 3 N–H and O–H groups in total. The number of amides is 2. The lowest BCUT2D eigenvalue weighted by Crippen LogP contribution is -2.32. The van der Waals surface area contributed by atoms with E-state index < -0.39 is 54.6 Å². The van der Waals surface area contributed by atoms with E-state index in [1.807, 2.05) is 56.9 Å². The van der Waals surface area contributed by atoms with Crippen LogP contribution in [0.25, 0.3) is 5.57 Å². The average Bonchev–Trinajstić information content (AvgIpc) is 1.59. The van der Waals surface area contributed by atoms with Crippen LogP contribution in [-0.4, -0.2) is 239 Å². The third kappa shape index (κ3) is 29.3. The summed E-state index contributed by atoms with van der Waals surface area (Å²) in [5.41, 5.74) is 2.28. The van der Waals surface area contributed by atoms with Crippen LogP contribution in [-0.2, 0) is 102 Å². The van der Waals surface area contributed by atoms with Gasteiger partial charge in [-0.1, -0.05) is 39.0 Å². The maximum Gasteiger partial charge on any atom is 0.333 e. The van der Waals surface area contributed by atoms with Crippen molar-refractivity contribution in [3.05, 3.63) is 77.5 Å². The molecule has 4 rings (SSSR count). The Morgan fingerprint density at radius 1 is 0.644 bits per heavy atom. The summed E-state index contributed by atoms with van der Waals surface area (Å²) in [5.74, 6) is -2.58. The Labute approximate surface area is 531 Å². The number of fused-ring (bicyclic) bond motifs is 1. The van der Waals surface area contributed by atoms with Gasteiger partial charge in [0.25, 0.3) is 32.1 Å². The van der Waals surface area contributed by atoms with Crippen LogP contribution in [0, 0.1) is 5.41 Å². The molecule has 2 amide bonds. The minimum Gasteiger partial charge on any atom is -0.507 e. The maximum absolute atomic E-state index is 12.9. The summed E-state index contributed by atoms with van der Waals surface area (Å²) in [6.07, 6.45) is 7.82. The SMILES string of the molecule is COCCOCCOCCOCCOCCOCCN(CCOCCOCCOCCOCCOCCOC)c1ccc(/C(=C\C/C=C/C=C2/N(CCCS(=O)(=O)O)c3ccc(S(=O)(=O)O)cc3C2(C)CCCC(=O)ON2C(=O)CCC2=O)C(C)(C)C)c(O)c1. The number of hydrogen-bond acceptors (Lipinski definition) is 23. The fraction of sp³-hybridized carbons (Fsp3) is 0.661. The van der Waals surface area contributed by atoms with Crippen molar-refractivity contribution in [3.8, 4) is 5.75 Å². The quantitative estimate of drug-likeness (QED) is 0.0389. The summed E-state index contributed by atoms with van der Waals surface area (Å²) < 4.78 is 135. The van der Waals surface area contributed by atoms with Gasteiger partial charge in [0.15, 0.2) is 0 Å². The van der Waals surface area contributed by atoms with Crippen LogP contribution in [0.1, 0.15) is 83.8 Å². The van der Waals surface area contributed by atoms with E-state index in [1.54, 1.807) is 32.4 Å². The maximum atomic E-state index is 12.9. The lowest BCUT2D eigenvalue weighted by molar-refractivity contribution is -0.197. The molecular formula is C62H97N3O23S2. The first kappa shape index (κ1) is 77.5. The molecular weight excluding hydrogens is 1220 g/mol. The Morgan fingerprint density at radius 3 is 1.54 bits per heavy atom. The molecule has 1 saturated heterocycles. The van der Waals surface area contributed by atoms with Gasteiger partial charge in [0.2, 0.25) is 0 Å². The number of phenolic OH excluding ortho intramolecular Hbond substituents is 1. The highest BCUT2D eigenvalue weighted by atomic mass is 32.2. The molecule has 28 heteroatoms. The lowest BCUT2D eigenvalue weighted by Gasteiger charge is -2.30. The van der Waals surface area contributed by atoms with E-state index in [-0.39, 0.29) is 55.7 Å². The van der Waals surface area contributed by atoms with Crippen molar-refractivity contribution < 1.29 is 107 Å². The van der Waals surface area contributed by atoms with Crippen molar-refractivity contribution in [3.63, 3.8) is 0 Å². The predicted molar refractivity (Wildman–Crippen MR) is 335 cm³/mol. The molecule has 0 bridgehead atoms. The van der Waals surface area contributed by atoms with Gasteiger partial charge in [-0.25, -0.2) is 4.79 Å². The summed E-state index contributed by atoms with van der Waals surface area (Å²) >= 11 is 0. The second-order valence-electron chi connectivity index (χ2n) is 22.1. The molecule has 2 aliphatic heterocycles. The zero-order valence-corrected chi connectivity index (χ0v) is 54.9. The van der Waals surface area contributed by atoms with Crippen LogP contribution >= 0.6 is 0 Å². The van der Waals surface area contributed by atoms with Crippen molar-refractivity contribution in [2.24, 2.45) is 5.41 Å². The fourth-order valence-electron chi connectivity index (χ4n) is 9.65. The number of methoxy groups -OCH3 is 2. The molecule has 0 spiro atoms. The third-order valence-electron chi connectivity index (χ3n) is 14.2. The second kappa shape index (κ2) is 42.3. The standard InChI is InChI=1S/C62H97N3O23S2/c1-61(2,3)53(12-8-7-9-13-57-62(4,21-10-14-60(69)88-65-58(67)19-20-59(65)68)54-49-51(90(73,74)75)16-18-55(54)64(57)22-11-47-89(70,71)72)52-17-15-50(48-56(52)66)63(23-25-78-31-33-82-39-41-86-45-43-84-37-35-80-29-27-76-5)24-26-79-32-34-83-40-42-87-46-44-85-38-36-81-30-28-77-6/h7,9,12-13,15-18,48-49,66H,8,10-11,14,19-47H2,1-6H3,(H,70,71,72)(H,73,74,75)/b9-7+,53-12+,57-13+. The highest BCUT2D eigenvalue weighted by molar-refractivity contribution is 7.86. The molecule has 90 heavy (non-hydrogen) atoms. The van der Waals surface area contributed by atoms with Crippen molar-refractivity contribution in [2.75, 3.05) is 195 Å². The van der Waals surface area contributed by atoms with Crippen LogP contribution in [0.2, 0.25) is 0 Å². The Kier molecular flexibility index (Phi) is 36.4. The number of aromatic hydroxyl groups is 1. The van der Waals surface area contributed by atoms with Crippen LogP contribution in [0.4, 0.5) is 11.4 Å². The molecule has 0 aliphatic carbocycles. The number of allylic oxidation sites excluding steroid dienone is 6. The molecule has 1 atom stereocenters. The van der Waals surface area contributed by atoms with Gasteiger partial charge >= 0.3 is 5.97 Å². The van der Waals surface area contributed by atoms with Gasteiger partial charge in [0.1, 0.15) is 5.75 Å². The molecule has 510 valence electrons. The topological polar surface area (TPSA) is 310 Å². The number of ether oxygens (including phenoxy) is 12. The molecule has 0 radical (unpaired) electrons. The number of carbonyl (C=O) groups is 3. The summed E-state index contributed by atoms with van der Waals surface area (Å²) in [6, 6.07) is 9.62. The summed E-state index contributed by atoms with van der Waals surface area (Å²) in [4.78, 5) is 45.8. The largest absolute Gasteiger partial charge is 0.507 e. The number of carbonyl (C=O) groups excluding carboxylic acids is 3. The first-order chi connectivity index (χ1) is 43.1. The highest BCUT2D eigenvalue weighted by Crippen LogP contribution is 2.51. The van der Waals surface area contributed by atoms with Crippen molar-refractivity contribution in [1.82, 2.24) is 5.06 Å². The van der Waals surface area contributed by atoms with Crippen molar-refractivity contribution in [2.45, 2.75) is 83.0 Å². The Morgan fingerprint density at radius 2 is 1.11 bits per heavy atom. The number of rotatable bonds is 51. The van der Waals surface area contributed by atoms with E-state index in [9.17, 15) is 45.4 Å². The van der Waals surface area contributed by atoms with Gasteiger partial charge in [-0.3, -0.25) is 18.7 Å². The van der Waals surface area contributed by atoms with E-state index in [2.05, 4.69) is 4.90 Å². The molecule has 1 fully saturated rings. The van der Waals surface area contributed by atoms with E-state index in [0.29, 0.717) is 192 Å². The minimum atomic E-state index is -4.68. The summed E-state index contributed by atoms with van der Waals surface area (Å²) in [7, 11) is -5.79. The fourth-order valence-corrected chi connectivity index (χ4v) is 10.6. The minimum absolute atomic E-state index is 0.0176. The number of nitrogens with zero attached hydrogens (tertiary/aromatic N) is 3. The normalized spacial score (nSPS) is 16.2. The van der Waals surface area contributed by atoms with Gasteiger partial charge in [0.05, 0.1) is 156 Å². The van der Waals surface area contributed by atoms with Gasteiger partial charge in [-0.05, 0) is 85.6 Å². The van der Waals surface area contributed by atoms with Gasteiger partial charge in [-0.15, -0.1) is 5.06 Å². The molecule has 1 unspecified atom stereocenters. The predicted octanol–water partition coefficient (Wildman–Crippen LogP) is 6.00. The zero-order chi connectivity index (χ0) is 65.7. The van der Waals surface area contributed by atoms with Gasteiger partial charge in [0, 0.05) is 87.2 Å². The van der Waals surface area contributed by atoms with E-state index in [4.69, 9.17) is 61.7 Å². The Hall–Kier alpha value is -4.99. The van der Waals surface area contributed by atoms with Crippen molar-refractivity contribution >= 4 is 55.0 Å². The van der Waals surface area contributed by atoms with Crippen molar-refractivity contribution in [1.29, 1.82) is 0 Å². The van der Waals surface area contributed by atoms with Crippen LogP contribution < -0.4 is 9.80 Å². The number of phenols is 1. The lowest BCUT2D eigenvalue weighted by atomic mass is 9.77. The highest BCUT2D eigenvalue weighted by Gasteiger charge is 2.44. The molecule has 26 nitrogen and oxygen atoms in total. The van der Waals surface area contributed by atoms with Crippen LogP contribution in [0.15, 0.2) is 71.3 Å². The Balaban J connectivity index is 1.44. The van der Waals surface area contributed by atoms with Crippen LogP contribution in [0.5, 0.6) is 5.75 Å². The summed E-state index contributed by atoms with van der Waals surface area (Å²) in [6.45, 7) is 18.6. The summed E-state index contributed by atoms with van der Waals surface area (Å²) in [5, 5.41) is 12.3. The number of benzene rings is 2. The average molecular weight is 1320 g/mol. The number of anilines is 2. The Bertz CT molecular complexity index is 2720. The van der Waals surface area contributed by atoms with E-state index in [0.717, 1.165) is 11.3 Å². The smallest absolute Gasteiger partial charge is 0.333 e. The van der Waals surface area contributed by atoms with E-state index in [1.165, 1.54) is 18.2 Å². The molecule has 2 aromatic rings. The number of hydrogen-bond donors (Lipinski definition) is 3. The molecule has 0 aromatic heterocycles. The number of hydroxylamine groups is 2. The molecule has 0 saturated carbocycles. The van der Waals surface area contributed by atoms with Gasteiger partial charge < -0.3 is 76.6 Å². The molecule has 2 aromatic carbocycles.